The van der Waals surface area contributed by atoms with Gasteiger partial charge in [0.05, 0.1) is 0 Å². The van der Waals surface area contributed by atoms with Gasteiger partial charge in [-0.05, 0) is 37.1 Å². The molecule has 1 rings (SSSR count). The van der Waals surface area contributed by atoms with Gasteiger partial charge in [-0.15, -0.1) is 0 Å². The lowest BCUT2D eigenvalue weighted by Gasteiger charge is -2.23. The number of carbonyl (C=O) groups excluding carboxylic acids is 2. The Morgan fingerprint density at radius 1 is 1.26 bits per heavy atom. The second-order valence-corrected chi connectivity index (χ2v) is 4.22. The van der Waals surface area contributed by atoms with Crippen LogP contribution in [-0.4, -0.2) is 22.5 Å². The summed E-state index contributed by atoms with van der Waals surface area (Å²) in [5.74, 6) is -0.546. The second-order valence-electron chi connectivity index (χ2n) is 4.22. The van der Waals surface area contributed by atoms with Gasteiger partial charge in [0, 0.05) is 11.6 Å². The fourth-order valence-electron chi connectivity index (χ4n) is 1.67. The zero-order valence-corrected chi connectivity index (χ0v) is 11.2. The van der Waals surface area contributed by atoms with Gasteiger partial charge in [-0.2, -0.15) is 0 Å². The number of carbonyl (C=O) groups is 2. The van der Waals surface area contributed by atoms with Crippen LogP contribution in [0.15, 0.2) is 36.9 Å². The van der Waals surface area contributed by atoms with Crippen LogP contribution < -0.4 is 4.74 Å². The maximum atomic E-state index is 12.1. The zero-order chi connectivity index (χ0) is 14.5. The summed E-state index contributed by atoms with van der Waals surface area (Å²) in [7, 11) is 0. The molecular formula is C15H18O4. The first-order valence-corrected chi connectivity index (χ1v) is 6.18. The van der Waals surface area contributed by atoms with Crippen molar-refractivity contribution in [3.63, 3.8) is 0 Å². The Bertz CT molecular complexity index is 469. The third-order valence-corrected chi connectivity index (χ3v) is 3.09. The minimum atomic E-state index is -1.33. The highest BCUT2D eigenvalue weighted by atomic mass is 16.5. The summed E-state index contributed by atoms with van der Waals surface area (Å²) in [6.07, 6.45) is 1.77. The first kappa shape index (κ1) is 15.1. The SMILES string of the molecule is C=CC(=O)Oc1ccc(C(=O)C(O)(CC)CC)cc1. The van der Waals surface area contributed by atoms with E-state index in [1.165, 1.54) is 24.3 Å². The highest BCUT2D eigenvalue weighted by Crippen LogP contribution is 2.22. The van der Waals surface area contributed by atoms with Crippen LogP contribution in [0.25, 0.3) is 0 Å². The number of benzene rings is 1. The fourth-order valence-corrected chi connectivity index (χ4v) is 1.67. The maximum absolute atomic E-state index is 12.1. The first-order chi connectivity index (χ1) is 8.96. The van der Waals surface area contributed by atoms with Gasteiger partial charge in [-0.25, -0.2) is 4.79 Å². The van der Waals surface area contributed by atoms with Crippen LogP contribution in [0.1, 0.15) is 37.0 Å². The highest BCUT2D eigenvalue weighted by Gasteiger charge is 2.32. The summed E-state index contributed by atoms with van der Waals surface area (Å²) < 4.78 is 4.91. The normalized spacial score (nSPS) is 10.9. The lowest BCUT2D eigenvalue weighted by molar-refractivity contribution is -0.128. The number of ketones is 1. The molecule has 1 aromatic carbocycles. The predicted octanol–water partition coefficient (Wildman–Crippen LogP) is 2.51. The number of rotatable bonds is 6. The average molecular weight is 262 g/mol. The Morgan fingerprint density at radius 2 is 1.79 bits per heavy atom. The van der Waals surface area contributed by atoms with Gasteiger partial charge in [0.25, 0.3) is 0 Å². The molecule has 0 spiro atoms. The first-order valence-electron chi connectivity index (χ1n) is 6.18. The third-order valence-electron chi connectivity index (χ3n) is 3.09. The topological polar surface area (TPSA) is 63.6 Å². The molecule has 4 heteroatoms. The molecule has 1 aromatic rings. The van der Waals surface area contributed by atoms with Crippen LogP contribution in [0.5, 0.6) is 5.75 Å². The van der Waals surface area contributed by atoms with Gasteiger partial charge in [-0.1, -0.05) is 20.4 Å². The molecule has 0 saturated carbocycles. The van der Waals surface area contributed by atoms with Crippen LogP contribution in [0.2, 0.25) is 0 Å². The van der Waals surface area contributed by atoms with E-state index >= 15 is 0 Å². The smallest absolute Gasteiger partial charge is 0.335 e. The van der Waals surface area contributed by atoms with Crippen LogP contribution in [0, 0.1) is 0 Å². The molecular weight excluding hydrogens is 244 g/mol. The van der Waals surface area contributed by atoms with Crippen molar-refractivity contribution >= 4 is 11.8 Å². The van der Waals surface area contributed by atoms with E-state index in [0.29, 0.717) is 24.2 Å². The minimum Gasteiger partial charge on any atom is -0.423 e. The largest absolute Gasteiger partial charge is 0.423 e. The van der Waals surface area contributed by atoms with Crippen LogP contribution in [0.3, 0.4) is 0 Å². The molecule has 0 aliphatic heterocycles. The molecule has 0 amide bonds. The van der Waals surface area contributed by atoms with Gasteiger partial charge in [-0.3, -0.25) is 4.79 Å². The summed E-state index contributed by atoms with van der Waals surface area (Å²) in [5.41, 5.74) is -0.941. The molecule has 1 N–H and O–H groups in total. The highest BCUT2D eigenvalue weighted by molar-refractivity contribution is 6.02. The predicted molar refractivity (Wildman–Crippen MR) is 72.1 cm³/mol. The van der Waals surface area contributed by atoms with E-state index in [4.69, 9.17) is 4.74 Å². The van der Waals surface area contributed by atoms with Crippen LogP contribution >= 0.6 is 0 Å². The van der Waals surface area contributed by atoms with Gasteiger partial charge < -0.3 is 9.84 Å². The molecule has 0 unspecified atom stereocenters. The molecule has 0 heterocycles. The monoisotopic (exact) mass is 262 g/mol. The van der Waals surface area contributed by atoms with Crippen molar-refractivity contribution < 1.29 is 19.4 Å². The summed E-state index contributed by atoms with van der Waals surface area (Å²) in [6, 6.07) is 6.09. The molecule has 0 aromatic heterocycles. The maximum Gasteiger partial charge on any atom is 0.335 e. The molecule has 4 nitrogen and oxygen atoms in total. The summed E-state index contributed by atoms with van der Waals surface area (Å²) >= 11 is 0. The van der Waals surface area contributed by atoms with Crippen LogP contribution in [0.4, 0.5) is 0 Å². The van der Waals surface area contributed by atoms with Crippen molar-refractivity contribution in [2.45, 2.75) is 32.3 Å². The summed E-state index contributed by atoms with van der Waals surface area (Å²) in [6.45, 7) is 6.83. The number of hydrogen-bond donors (Lipinski definition) is 1. The Hall–Kier alpha value is -1.94. The van der Waals surface area contributed by atoms with Crippen molar-refractivity contribution in [2.75, 3.05) is 0 Å². The number of esters is 1. The van der Waals surface area contributed by atoms with E-state index in [0.717, 1.165) is 6.08 Å². The molecule has 0 atom stereocenters. The van der Waals surface area contributed by atoms with Crippen molar-refractivity contribution in [3.8, 4) is 5.75 Å². The fraction of sp³-hybridized carbons (Fsp3) is 0.333. The number of aliphatic hydroxyl groups is 1. The molecule has 0 bridgehead atoms. The van der Waals surface area contributed by atoms with Gasteiger partial charge in [0.15, 0.2) is 5.78 Å². The average Bonchev–Trinajstić information content (AvgIpc) is 2.46. The van der Waals surface area contributed by atoms with E-state index in [2.05, 4.69) is 6.58 Å². The number of ether oxygens (including phenoxy) is 1. The lowest BCUT2D eigenvalue weighted by atomic mass is 9.88. The Labute approximate surface area is 112 Å². The quantitative estimate of drug-likeness (QED) is 0.370. The molecule has 0 aliphatic carbocycles. The number of hydrogen-bond acceptors (Lipinski definition) is 4. The lowest BCUT2D eigenvalue weighted by Crippen LogP contribution is -2.37. The standard InChI is InChI=1S/C15H18O4/c1-4-13(16)19-12-9-7-11(8-10-12)14(17)15(18,5-2)6-3/h4,7-10,18H,1,5-6H2,2-3H3. The summed E-state index contributed by atoms with van der Waals surface area (Å²) in [4.78, 5) is 23.1. The van der Waals surface area contributed by atoms with Gasteiger partial charge in [0.1, 0.15) is 11.4 Å². The third kappa shape index (κ3) is 3.51. The molecule has 0 fully saturated rings. The van der Waals surface area contributed by atoms with E-state index in [-0.39, 0.29) is 5.78 Å². The van der Waals surface area contributed by atoms with E-state index in [9.17, 15) is 14.7 Å². The Balaban J connectivity index is 2.90. The minimum absolute atomic E-state index is 0.320. The van der Waals surface area contributed by atoms with Crippen molar-refractivity contribution in [1.29, 1.82) is 0 Å². The molecule has 102 valence electrons. The molecule has 0 saturated heterocycles. The van der Waals surface area contributed by atoms with Crippen molar-refractivity contribution in [1.82, 2.24) is 0 Å². The van der Waals surface area contributed by atoms with Crippen molar-refractivity contribution in [2.24, 2.45) is 0 Å². The second kappa shape index (κ2) is 6.29. The van der Waals surface area contributed by atoms with E-state index in [1.54, 1.807) is 13.8 Å². The van der Waals surface area contributed by atoms with E-state index in [1.807, 2.05) is 0 Å². The zero-order valence-electron chi connectivity index (χ0n) is 11.2. The van der Waals surface area contributed by atoms with Gasteiger partial charge >= 0.3 is 5.97 Å². The van der Waals surface area contributed by atoms with E-state index < -0.39 is 11.6 Å². The van der Waals surface area contributed by atoms with Crippen LogP contribution in [-0.2, 0) is 4.79 Å². The van der Waals surface area contributed by atoms with Crippen molar-refractivity contribution in [3.05, 3.63) is 42.5 Å². The Morgan fingerprint density at radius 3 is 2.21 bits per heavy atom. The summed E-state index contributed by atoms with van der Waals surface area (Å²) in [5, 5.41) is 10.2. The Kier molecular flexibility index (Phi) is 5.01. The molecule has 0 radical (unpaired) electrons. The number of Topliss-reactive ketones (excluding diaryl/α,β-unsaturated/α-hetero) is 1. The molecule has 19 heavy (non-hydrogen) atoms. The molecule has 0 aliphatic rings. The van der Waals surface area contributed by atoms with Gasteiger partial charge in [0.2, 0.25) is 0 Å².